The van der Waals surface area contributed by atoms with Crippen molar-refractivity contribution in [2.75, 3.05) is 5.32 Å². The first-order chi connectivity index (χ1) is 11.4. The molecule has 2 unspecified atom stereocenters. The van der Waals surface area contributed by atoms with Crippen LogP contribution in [0.3, 0.4) is 0 Å². The number of esters is 1. The number of nitrogen functional groups attached to an aromatic ring is 1. The molecule has 0 aliphatic carbocycles. The van der Waals surface area contributed by atoms with E-state index < -0.39 is 18.2 Å². The smallest absolute Gasteiger partial charge is 0.308 e. The van der Waals surface area contributed by atoms with E-state index in [-0.39, 0.29) is 24.6 Å². The van der Waals surface area contributed by atoms with E-state index in [4.69, 9.17) is 15.9 Å². The number of aliphatic hydroxyl groups excluding tert-OH is 1. The molecular formula is C17H25N3O4. The lowest BCUT2D eigenvalue weighted by atomic mass is 10.0. The lowest BCUT2D eigenvalue weighted by Gasteiger charge is -2.25. The average Bonchev–Trinajstić information content (AvgIpc) is 2.54. The maximum atomic E-state index is 11.9. The highest BCUT2D eigenvalue weighted by Crippen LogP contribution is 2.19. The van der Waals surface area contributed by atoms with Gasteiger partial charge in [-0.15, -0.1) is 0 Å². The Morgan fingerprint density at radius 1 is 1.38 bits per heavy atom. The second kappa shape index (κ2) is 9.67. The number of rotatable bonds is 5. The van der Waals surface area contributed by atoms with Crippen molar-refractivity contribution in [1.29, 1.82) is 5.41 Å². The second-order valence-electron chi connectivity index (χ2n) is 5.28. The molecule has 0 bridgehead atoms. The molecular weight excluding hydrogens is 310 g/mol. The molecule has 1 aliphatic rings. The van der Waals surface area contributed by atoms with E-state index in [2.05, 4.69) is 5.32 Å². The van der Waals surface area contributed by atoms with E-state index in [1.165, 1.54) is 0 Å². The van der Waals surface area contributed by atoms with Gasteiger partial charge in [-0.2, -0.15) is 0 Å². The molecule has 2 rings (SSSR count). The Morgan fingerprint density at radius 2 is 2.00 bits per heavy atom. The molecule has 1 heterocycles. The summed E-state index contributed by atoms with van der Waals surface area (Å²) in [5.74, 6) is -0.661. The van der Waals surface area contributed by atoms with Crippen molar-refractivity contribution in [3.63, 3.8) is 0 Å². The fraction of sp³-hybridized carbons (Fsp3) is 0.471. The maximum absolute atomic E-state index is 11.9. The van der Waals surface area contributed by atoms with Crippen LogP contribution >= 0.6 is 0 Å². The van der Waals surface area contributed by atoms with Gasteiger partial charge in [-0.1, -0.05) is 13.8 Å². The van der Waals surface area contributed by atoms with Crippen molar-refractivity contribution in [2.24, 2.45) is 5.73 Å². The summed E-state index contributed by atoms with van der Waals surface area (Å²) >= 11 is 0. The van der Waals surface area contributed by atoms with E-state index in [1.54, 1.807) is 24.3 Å². The number of hydrogen-bond donors (Lipinski definition) is 4. The number of hydrogen-bond acceptors (Lipinski definition) is 5. The zero-order valence-electron chi connectivity index (χ0n) is 14.0. The van der Waals surface area contributed by atoms with Crippen LogP contribution in [0.2, 0.25) is 0 Å². The Hall–Kier alpha value is -2.41. The van der Waals surface area contributed by atoms with Gasteiger partial charge in [0.05, 0.1) is 12.5 Å². The highest BCUT2D eigenvalue weighted by Gasteiger charge is 2.27. The minimum absolute atomic E-state index is 0.0190. The van der Waals surface area contributed by atoms with Gasteiger partial charge in [0.15, 0.2) is 0 Å². The molecule has 7 nitrogen and oxygen atoms in total. The summed E-state index contributed by atoms with van der Waals surface area (Å²) in [7, 11) is 0. The van der Waals surface area contributed by atoms with Gasteiger partial charge in [-0.25, -0.2) is 0 Å². The number of benzene rings is 1. The third-order valence-electron chi connectivity index (χ3n) is 3.41. The normalized spacial score (nSPS) is 19.5. The Balaban J connectivity index is 0.00000139. The van der Waals surface area contributed by atoms with Crippen LogP contribution in [0.5, 0.6) is 0 Å². The molecule has 1 amide bonds. The van der Waals surface area contributed by atoms with Gasteiger partial charge < -0.3 is 20.9 Å². The highest BCUT2D eigenvalue weighted by molar-refractivity contribution is 5.96. The molecule has 0 aromatic heterocycles. The van der Waals surface area contributed by atoms with E-state index in [9.17, 15) is 14.7 Å². The summed E-state index contributed by atoms with van der Waals surface area (Å²) in [6.07, 6.45) is -0.146. The second-order valence-corrected chi connectivity index (χ2v) is 5.28. The molecule has 1 aromatic rings. The first-order valence-corrected chi connectivity index (χ1v) is 8.06. The number of cyclic esters (lactones) is 1. The van der Waals surface area contributed by atoms with Crippen LogP contribution in [0.15, 0.2) is 24.3 Å². The SMILES string of the molecule is CC.N=C(N)c1ccc(NC(=O)CCC2CC(O)CC(=O)O2)cc1. The molecule has 1 aromatic carbocycles. The van der Waals surface area contributed by atoms with Gasteiger partial charge in [0.2, 0.25) is 5.91 Å². The fourth-order valence-corrected chi connectivity index (χ4v) is 2.29. The molecule has 5 N–H and O–H groups in total. The fourth-order valence-electron chi connectivity index (χ4n) is 2.29. The Kier molecular flexibility index (Phi) is 7.91. The highest BCUT2D eigenvalue weighted by atomic mass is 16.5. The minimum Gasteiger partial charge on any atom is -0.462 e. The molecule has 2 atom stereocenters. The number of nitrogens with two attached hydrogens (primary N) is 1. The summed E-state index contributed by atoms with van der Waals surface area (Å²) in [6.45, 7) is 4.00. The summed E-state index contributed by atoms with van der Waals surface area (Å²) in [6, 6.07) is 6.63. The van der Waals surface area contributed by atoms with Gasteiger partial charge in [0, 0.05) is 24.1 Å². The third kappa shape index (κ3) is 6.37. The van der Waals surface area contributed by atoms with Crippen LogP contribution in [0.25, 0.3) is 0 Å². The van der Waals surface area contributed by atoms with Gasteiger partial charge in [-0.05, 0) is 30.7 Å². The van der Waals surface area contributed by atoms with Crippen molar-refractivity contribution in [1.82, 2.24) is 0 Å². The minimum atomic E-state index is -0.687. The molecule has 0 spiro atoms. The number of ether oxygens (including phenoxy) is 1. The topological polar surface area (TPSA) is 126 Å². The van der Waals surface area contributed by atoms with Crippen LogP contribution in [-0.2, 0) is 14.3 Å². The van der Waals surface area contributed by atoms with Crippen LogP contribution in [0.4, 0.5) is 5.69 Å². The molecule has 0 saturated carbocycles. The molecule has 7 heteroatoms. The Morgan fingerprint density at radius 3 is 2.54 bits per heavy atom. The number of carbonyl (C=O) groups is 2. The lowest BCUT2D eigenvalue weighted by Crippen LogP contribution is -2.33. The van der Waals surface area contributed by atoms with Gasteiger partial charge in [0.1, 0.15) is 11.9 Å². The molecule has 1 fully saturated rings. The summed E-state index contributed by atoms with van der Waals surface area (Å²) in [4.78, 5) is 23.1. The summed E-state index contributed by atoms with van der Waals surface area (Å²) < 4.78 is 5.08. The standard InChI is InChI=1S/C15H19N3O4.C2H6/c16-15(17)9-1-3-10(4-2-9)18-13(20)6-5-12-7-11(19)8-14(21)22-12;1-2/h1-4,11-12,19H,5-8H2,(H3,16,17)(H,18,20);1-2H3. The number of carbonyl (C=O) groups excluding carboxylic acids is 2. The van der Waals surface area contributed by atoms with Crippen molar-refractivity contribution >= 4 is 23.4 Å². The van der Waals surface area contributed by atoms with Crippen LogP contribution in [0.1, 0.15) is 45.1 Å². The first kappa shape index (κ1) is 19.6. The van der Waals surface area contributed by atoms with Gasteiger partial charge >= 0.3 is 5.97 Å². The third-order valence-corrected chi connectivity index (χ3v) is 3.41. The Bertz CT molecular complexity index is 572. The van der Waals surface area contributed by atoms with Crippen LogP contribution in [-0.4, -0.2) is 35.0 Å². The van der Waals surface area contributed by atoms with E-state index in [0.29, 0.717) is 24.1 Å². The molecule has 1 saturated heterocycles. The van der Waals surface area contributed by atoms with Crippen molar-refractivity contribution in [2.45, 2.75) is 51.7 Å². The van der Waals surface area contributed by atoms with Gasteiger partial charge in [-0.3, -0.25) is 15.0 Å². The molecule has 24 heavy (non-hydrogen) atoms. The quantitative estimate of drug-likeness (QED) is 0.371. The summed E-state index contributed by atoms with van der Waals surface area (Å²) in [5, 5.41) is 19.5. The number of anilines is 1. The predicted octanol–water partition coefficient (Wildman–Crippen LogP) is 1.78. The van der Waals surface area contributed by atoms with Crippen molar-refractivity contribution in [3.05, 3.63) is 29.8 Å². The molecule has 132 valence electrons. The van der Waals surface area contributed by atoms with Crippen molar-refractivity contribution < 1.29 is 19.4 Å². The monoisotopic (exact) mass is 335 g/mol. The average molecular weight is 335 g/mol. The van der Waals surface area contributed by atoms with Gasteiger partial charge in [0.25, 0.3) is 0 Å². The van der Waals surface area contributed by atoms with E-state index in [0.717, 1.165) is 0 Å². The number of nitrogens with one attached hydrogen (secondary N) is 2. The first-order valence-electron chi connectivity index (χ1n) is 8.06. The van der Waals surface area contributed by atoms with Crippen LogP contribution in [0, 0.1) is 5.41 Å². The van der Waals surface area contributed by atoms with Crippen LogP contribution < -0.4 is 11.1 Å². The number of amides is 1. The van der Waals surface area contributed by atoms with Crippen molar-refractivity contribution in [3.8, 4) is 0 Å². The lowest BCUT2D eigenvalue weighted by molar-refractivity contribution is -0.160. The summed E-state index contributed by atoms with van der Waals surface area (Å²) in [5.41, 5.74) is 6.54. The maximum Gasteiger partial charge on any atom is 0.308 e. The van der Waals surface area contributed by atoms with E-state index in [1.807, 2.05) is 13.8 Å². The largest absolute Gasteiger partial charge is 0.462 e. The number of aliphatic hydroxyl groups is 1. The zero-order valence-corrected chi connectivity index (χ0v) is 14.0. The Labute approximate surface area is 141 Å². The predicted molar refractivity (Wildman–Crippen MR) is 91.8 cm³/mol. The number of amidine groups is 1. The van der Waals surface area contributed by atoms with E-state index >= 15 is 0 Å². The molecule has 1 aliphatic heterocycles. The molecule has 0 radical (unpaired) electrons. The zero-order chi connectivity index (χ0) is 18.1.